The molecule has 0 aliphatic carbocycles. The number of aromatic amines is 1. The molecule has 7 heteroatoms. The second-order valence-electron chi connectivity index (χ2n) is 5.54. The number of nitrogens with one attached hydrogen (secondary N) is 1. The number of amides is 2. The quantitative estimate of drug-likeness (QED) is 0.846. The van der Waals surface area contributed by atoms with Crippen LogP contribution in [0.5, 0.6) is 0 Å². The number of hydrogen-bond acceptors (Lipinski definition) is 4. The van der Waals surface area contributed by atoms with Gasteiger partial charge < -0.3 is 15.6 Å². The lowest BCUT2D eigenvalue weighted by molar-refractivity contribution is -0.123. The summed E-state index contributed by atoms with van der Waals surface area (Å²) in [5, 5.41) is 0. The van der Waals surface area contributed by atoms with Crippen molar-refractivity contribution in [2.75, 3.05) is 26.2 Å². The number of carbonyl (C=O) groups is 2. The van der Waals surface area contributed by atoms with Crippen molar-refractivity contribution in [3.05, 3.63) is 30.1 Å². The fourth-order valence-electron chi connectivity index (χ4n) is 2.74. The van der Waals surface area contributed by atoms with Crippen molar-refractivity contribution in [3.8, 4) is 0 Å². The van der Waals surface area contributed by atoms with Gasteiger partial charge in [-0.3, -0.25) is 14.5 Å². The van der Waals surface area contributed by atoms with Gasteiger partial charge in [0.15, 0.2) is 0 Å². The van der Waals surface area contributed by atoms with Crippen molar-refractivity contribution in [1.29, 1.82) is 0 Å². The van der Waals surface area contributed by atoms with Gasteiger partial charge in [0, 0.05) is 31.7 Å². The smallest absolute Gasteiger partial charge is 0.254 e. The summed E-state index contributed by atoms with van der Waals surface area (Å²) >= 11 is 0. The van der Waals surface area contributed by atoms with E-state index in [0.717, 1.165) is 11.0 Å². The van der Waals surface area contributed by atoms with Gasteiger partial charge in [-0.05, 0) is 25.1 Å². The van der Waals surface area contributed by atoms with Crippen molar-refractivity contribution < 1.29 is 9.59 Å². The van der Waals surface area contributed by atoms with Crippen molar-refractivity contribution in [2.24, 2.45) is 5.73 Å². The van der Waals surface area contributed by atoms with Crippen molar-refractivity contribution in [2.45, 2.75) is 13.0 Å². The van der Waals surface area contributed by atoms with E-state index in [1.165, 1.54) is 0 Å². The number of aromatic nitrogens is 2. The maximum Gasteiger partial charge on any atom is 0.254 e. The molecular weight excluding hydrogens is 282 g/mol. The van der Waals surface area contributed by atoms with Gasteiger partial charge in [-0.15, -0.1) is 0 Å². The molecule has 116 valence electrons. The molecule has 1 aromatic carbocycles. The van der Waals surface area contributed by atoms with Crippen LogP contribution >= 0.6 is 0 Å². The average Bonchev–Trinajstić information content (AvgIpc) is 3.01. The molecule has 2 heterocycles. The van der Waals surface area contributed by atoms with Gasteiger partial charge in [-0.2, -0.15) is 0 Å². The third-order valence-corrected chi connectivity index (χ3v) is 4.23. The van der Waals surface area contributed by atoms with Gasteiger partial charge in [0.2, 0.25) is 5.91 Å². The van der Waals surface area contributed by atoms with Crippen LogP contribution in [0.1, 0.15) is 17.3 Å². The van der Waals surface area contributed by atoms with Crippen LogP contribution in [-0.4, -0.2) is 63.8 Å². The Morgan fingerprint density at radius 3 is 2.68 bits per heavy atom. The van der Waals surface area contributed by atoms with Crippen LogP contribution in [0.4, 0.5) is 0 Å². The topological polar surface area (TPSA) is 95.3 Å². The van der Waals surface area contributed by atoms with E-state index in [9.17, 15) is 9.59 Å². The number of imidazole rings is 1. The molecule has 2 aromatic rings. The summed E-state index contributed by atoms with van der Waals surface area (Å²) < 4.78 is 0. The minimum absolute atomic E-state index is 0.00266. The summed E-state index contributed by atoms with van der Waals surface area (Å²) in [7, 11) is 0. The number of rotatable bonds is 3. The van der Waals surface area contributed by atoms with Crippen LogP contribution in [0, 0.1) is 0 Å². The largest absolute Gasteiger partial charge is 0.368 e. The molecule has 1 saturated heterocycles. The van der Waals surface area contributed by atoms with E-state index in [0.29, 0.717) is 31.7 Å². The van der Waals surface area contributed by atoms with Gasteiger partial charge >= 0.3 is 0 Å². The molecule has 1 unspecified atom stereocenters. The van der Waals surface area contributed by atoms with Gasteiger partial charge in [0.05, 0.1) is 23.4 Å². The van der Waals surface area contributed by atoms with Gasteiger partial charge in [0.1, 0.15) is 0 Å². The highest BCUT2D eigenvalue weighted by Gasteiger charge is 2.26. The molecule has 1 aliphatic rings. The maximum atomic E-state index is 12.6. The van der Waals surface area contributed by atoms with Crippen molar-refractivity contribution in [3.63, 3.8) is 0 Å². The highest BCUT2D eigenvalue weighted by atomic mass is 16.2. The molecule has 0 radical (unpaired) electrons. The van der Waals surface area contributed by atoms with Gasteiger partial charge in [-0.1, -0.05) is 0 Å². The predicted octanol–water partition coefficient (Wildman–Crippen LogP) is 0.195. The molecule has 22 heavy (non-hydrogen) atoms. The van der Waals surface area contributed by atoms with E-state index >= 15 is 0 Å². The van der Waals surface area contributed by atoms with E-state index in [2.05, 4.69) is 9.97 Å². The molecule has 0 bridgehead atoms. The van der Waals surface area contributed by atoms with Crippen molar-refractivity contribution >= 4 is 22.8 Å². The molecule has 0 saturated carbocycles. The Balaban J connectivity index is 1.67. The first kappa shape index (κ1) is 14.5. The number of benzene rings is 1. The van der Waals surface area contributed by atoms with E-state index in [1.54, 1.807) is 19.3 Å². The minimum atomic E-state index is -0.329. The first-order chi connectivity index (χ1) is 10.6. The fraction of sp³-hybridized carbons (Fsp3) is 0.400. The third-order valence-electron chi connectivity index (χ3n) is 4.23. The van der Waals surface area contributed by atoms with Crippen LogP contribution in [0.3, 0.4) is 0 Å². The minimum Gasteiger partial charge on any atom is -0.368 e. The monoisotopic (exact) mass is 301 g/mol. The van der Waals surface area contributed by atoms with E-state index in [4.69, 9.17) is 5.73 Å². The molecule has 1 aromatic heterocycles. The molecule has 3 rings (SSSR count). The summed E-state index contributed by atoms with van der Waals surface area (Å²) in [5.41, 5.74) is 7.67. The lowest BCUT2D eigenvalue weighted by atomic mass is 10.1. The number of hydrogen-bond donors (Lipinski definition) is 2. The lowest BCUT2D eigenvalue weighted by Gasteiger charge is -2.37. The summed E-state index contributed by atoms with van der Waals surface area (Å²) in [4.78, 5) is 34.8. The number of H-pyrrole nitrogens is 1. The molecule has 7 nitrogen and oxygen atoms in total. The van der Waals surface area contributed by atoms with E-state index in [1.807, 2.05) is 21.9 Å². The Labute approximate surface area is 128 Å². The number of piperazine rings is 1. The molecule has 2 amide bonds. The van der Waals surface area contributed by atoms with Gasteiger partial charge in [-0.25, -0.2) is 4.98 Å². The summed E-state index contributed by atoms with van der Waals surface area (Å²) in [6, 6.07) is 5.16. The predicted molar refractivity (Wildman–Crippen MR) is 82.2 cm³/mol. The van der Waals surface area contributed by atoms with E-state index < -0.39 is 0 Å². The first-order valence-corrected chi connectivity index (χ1v) is 7.32. The van der Waals surface area contributed by atoms with Crippen LogP contribution < -0.4 is 5.73 Å². The maximum absolute atomic E-state index is 12.6. The average molecular weight is 301 g/mol. The molecule has 1 atom stereocenters. The number of primary amides is 1. The Morgan fingerprint density at radius 1 is 1.27 bits per heavy atom. The zero-order valence-corrected chi connectivity index (χ0v) is 12.5. The number of fused-ring (bicyclic) bond motifs is 1. The van der Waals surface area contributed by atoms with Gasteiger partial charge in [0.25, 0.3) is 5.91 Å². The van der Waals surface area contributed by atoms with Crippen LogP contribution in [0.2, 0.25) is 0 Å². The summed E-state index contributed by atoms with van der Waals surface area (Å²) in [6.07, 6.45) is 1.61. The number of carbonyl (C=O) groups excluding carboxylic acids is 2. The SMILES string of the molecule is CC(C(N)=O)N1CCN(C(=O)c2ccc3nc[nH]c3c2)CC1. The van der Waals surface area contributed by atoms with Crippen LogP contribution in [0.25, 0.3) is 11.0 Å². The standard InChI is InChI=1S/C15H19N5O2/c1-10(14(16)21)19-4-6-20(7-5-19)15(22)11-2-3-12-13(8-11)18-9-17-12/h2-3,8-10H,4-7H2,1H3,(H2,16,21)(H,17,18). The zero-order valence-electron chi connectivity index (χ0n) is 12.5. The second kappa shape index (κ2) is 5.76. The highest BCUT2D eigenvalue weighted by Crippen LogP contribution is 2.15. The molecular formula is C15H19N5O2. The fourth-order valence-corrected chi connectivity index (χ4v) is 2.74. The third kappa shape index (κ3) is 2.67. The second-order valence-corrected chi connectivity index (χ2v) is 5.54. The zero-order chi connectivity index (χ0) is 15.7. The Bertz CT molecular complexity index is 703. The normalized spacial score (nSPS) is 17.6. The summed E-state index contributed by atoms with van der Waals surface area (Å²) in [6.45, 7) is 4.30. The molecule has 3 N–H and O–H groups in total. The number of nitrogens with two attached hydrogens (primary N) is 1. The Morgan fingerprint density at radius 2 is 2.00 bits per heavy atom. The van der Waals surface area contributed by atoms with E-state index in [-0.39, 0.29) is 17.9 Å². The molecule has 0 spiro atoms. The van der Waals surface area contributed by atoms with Crippen molar-refractivity contribution in [1.82, 2.24) is 19.8 Å². The Kier molecular flexibility index (Phi) is 3.81. The summed E-state index contributed by atoms with van der Waals surface area (Å²) in [5.74, 6) is -0.327. The first-order valence-electron chi connectivity index (χ1n) is 7.32. The molecule has 1 aliphatic heterocycles. The highest BCUT2D eigenvalue weighted by molar-refractivity contribution is 5.97. The van der Waals surface area contributed by atoms with Crippen LogP contribution in [-0.2, 0) is 4.79 Å². The molecule has 1 fully saturated rings. The lowest BCUT2D eigenvalue weighted by Crippen LogP contribution is -2.54. The Hall–Kier alpha value is -2.41. The van der Waals surface area contributed by atoms with Crippen LogP contribution in [0.15, 0.2) is 24.5 Å². The number of nitrogens with zero attached hydrogens (tertiary/aromatic N) is 3.